The minimum atomic E-state index is -0.292. The second-order valence-corrected chi connectivity index (χ2v) is 14.4. The number of nitrogens with zero attached hydrogens (tertiary/aromatic N) is 2. The van der Waals surface area contributed by atoms with Gasteiger partial charge in [-0.1, -0.05) is 60.8 Å². The zero-order valence-corrected chi connectivity index (χ0v) is 29.0. The van der Waals surface area contributed by atoms with E-state index >= 15 is 0 Å². The highest BCUT2D eigenvalue weighted by molar-refractivity contribution is 8.29. The maximum Gasteiger partial charge on any atom is 0.267 e. The number of thioether (sulfide) groups is 2. The van der Waals surface area contributed by atoms with Gasteiger partial charge in [-0.25, -0.2) is 0 Å². The molecule has 12 nitrogen and oxygen atoms in total. The van der Waals surface area contributed by atoms with Crippen molar-refractivity contribution in [2.24, 2.45) is 0 Å². The average Bonchev–Trinajstić information content (AvgIpc) is 3.84. The Morgan fingerprint density at radius 3 is 1.48 bits per heavy atom. The van der Waals surface area contributed by atoms with Crippen LogP contribution in [0.3, 0.4) is 0 Å². The van der Waals surface area contributed by atoms with E-state index in [-0.39, 0.29) is 37.2 Å². The molecule has 2 saturated heterocycles. The van der Waals surface area contributed by atoms with Gasteiger partial charge in [-0.2, -0.15) is 0 Å². The third-order valence-corrected chi connectivity index (χ3v) is 10.8. The molecule has 0 saturated carbocycles. The summed E-state index contributed by atoms with van der Waals surface area (Å²) in [5.74, 6) is 1.72. The summed E-state index contributed by atoms with van der Waals surface area (Å²) in [6.07, 6.45) is 4.74. The standard InChI is InChI=1S/C32H32N4O8S4/c37-25(33-19-9-11-21-23(15-19)43-17-41-21)7-3-1-5-13-35-29(39)27(47-31(35)45)28-30(40)36(32(46)48-28)14-6-2-4-8-26(38)34-20-10-12-22-24(16-20)44-18-42-22/h9-12,15-16H,1-8,13-14,17-18H2,(H,33,37)(H,34,38). The molecule has 0 aliphatic carbocycles. The smallest absolute Gasteiger partial charge is 0.267 e. The maximum atomic E-state index is 13.3. The molecular weight excluding hydrogens is 697 g/mol. The minimum absolute atomic E-state index is 0.107. The van der Waals surface area contributed by atoms with Gasteiger partial charge in [-0.05, 0) is 49.9 Å². The van der Waals surface area contributed by atoms with Crippen LogP contribution in [0.4, 0.5) is 11.4 Å². The first-order chi connectivity index (χ1) is 23.3. The van der Waals surface area contributed by atoms with Crippen LogP contribution in [0.15, 0.2) is 46.2 Å². The first-order valence-corrected chi connectivity index (χ1v) is 17.9. The van der Waals surface area contributed by atoms with Crippen LogP contribution in [0, 0.1) is 0 Å². The van der Waals surface area contributed by atoms with Gasteiger partial charge in [0.1, 0.15) is 8.64 Å². The molecule has 4 aliphatic rings. The van der Waals surface area contributed by atoms with Gasteiger partial charge in [0.2, 0.25) is 25.4 Å². The Labute approximate surface area is 296 Å². The number of rotatable bonds is 14. The van der Waals surface area contributed by atoms with Crippen LogP contribution >= 0.6 is 48.0 Å². The number of benzene rings is 2. The van der Waals surface area contributed by atoms with Crippen LogP contribution < -0.4 is 29.6 Å². The molecule has 16 heteroatoms. The number of thiocarbonyl (C=S) groups is 2. The van der Waals surface area contributed by atoms with Crippen LogP contribution in [-0.4, -0.2) is 68.7 Å². The largest absolute Gasteiger partial charge is 0.454 e. The number of nitrogens with one attached hydrogen (secondary N) is 2. The minimum Gasteiger partial charge on any atom is -0.454 e. The van der Waals surface area contributed by atoms with Crippen molar-refractivity contribution in [3.05, 3.63) is 46.2 Å². The second kappa shape index (κ2) is 15.6. The third kappa shape index (κ3) is 8.05. The zero-order chi connectivity index (χ0) is 33.6. The molecule has 2 aromatic carbocycles. The summed E-state index contributed by atoms with van der Waals surface area (Å²) in [5, 5.41) is 5.73. The summed E-state index contributed by atoms with van der Waals surface area (Å²) in [6, 6.07) is 10.5. The molecule has 2 fully saturated rings. The molecule has 0 aromatic heterocycles. The summed E-state index contributed by atoms with van der Waals surface area (Å²) < 4.78 is 22.1. The summed E-state index contributed by atoms with van der Waals surface area (Å²) in [4.78, 5) is 54.9. The highest BCUT2D eigenvalue weighted by Gasteiger charge is 2.41. The van der Waals surface area contributed by atoms with Crippen LogP contribution in [0.1, 0.15) is 51.4 Å². The number of ether oxygens (including phenoxy) is 4. The number of carbonyl (C=O) groups is 4. The number of fused-ring (bicyclic) bond motifs is 2. The van der Waals surface area contributed by atoms with Crippen molar-refractivity contribution in [2.45, 2.75) is 51.4 Å². The number of hydrogen-bond donors (Lipinski definition) is 2. The lowest BCUT2D eigenvalue weighted by molar-refractivity contribution is -0.124. The van der Waals surface area contributed by atoms with Crippen molar-refractivity contribution in [1.82, 2.24) is 9.80 Å². The molecule has 0 unspecified atom stereocenters. The molecule has 4 amide bonds. The van der Waals surface area contributed by atoms with E-state index < -0.39 is 0 Å². The van der Waals surface area contributed by atoms with E-state index in [1.54, 1.807) is 36.4 Å². The molecule has 0 radical (unpaired) electrons. The van der Waals surface area contributed by atoms with Crippen molar-refractivity contribution < 1.29 is 38.1 Å². The summed E-state index contributed by atoms with van der Waals surface area (Å²) in [5.41, 5.74) is 1.29. The highest BCUT2D eigenvalue weighted by atomic mass is 32.2. The fourth-order valence-electron chi connectivity index (χ4n) is 5.32. The predicted octanol–water partition coefficient (Wildman–Crippen LogP) is 5.77. The Hall–Kier alpha value is -3.86. The Morgan fingerprint density at radius 1 is 0.625 bits per heavy atom. The SMILES string of the molecule is O=C(CCCCCN1C(=O)C(=C2SC(=S)N(CCCCCC(=O)Nc3ccc4c(c3)OCO4)C2=O)SC1=S)Nc1ccc2c(c1)OCO2. The number of carbonyl (C=O) groups excluding carboxylic acids is 4. The number of anilines is 2. The van der Waals surface area contributed by atoms with Crippen molar-refractivity contribution in [1.29, 1.82) is 0 Å². The van der Waals surface area contributed by atoms with Gasteiger partial charge in [0, 0.05) is 49.4 Å². The Kier molecular flexibility index (Phi) is 11.0. The number of amides is 4. The molecule has 48 heavy (non-hydrogen) atoms. The van der Waals surface area contributed by atoms with Crippen molar-refractivity contribution in [3.63, 3.8) is 0 Å². The van der Waals surface area contributed by atoms with Crippen molar-refractivity contribution >= 4 is 91.6 Å². The Bertz CT molecular complexity index is 1580. The molecule has 0 spiro atoms. The van der Waals surface area contributed by atoms with E-state index in [2.05, 4.69) is 10.6 Å². The monoisotopic (exact) mass is 728 g/mol. The molecule has 4 aliphatic heterocycles. The molecule has 252 valence electrons. The van der Waals surface area contributed by atoms with Crippen LogP contribution in [-0.2, 0) is 19.2 Å². The molecule has 2 N–H and O–H groups in total. The van der Waals surface area contributed by atoms with Gasteiger partial charge in [-0.3, -0.25) is 29.0 Å². The number of hydrogen-bond acceptors (Lipinski definition) is 12. The average molecular weight is 729 g/mol. The molecule has 0 bridgehead atoms. The molecular formula is C32H32N4O8S4. The van der Waals surface area contributed by atoms with E-state index in [1.807, 2.05) is 0 Å². The molecule has 6 rings (SSSR count). The van der Waals surface area contributed by atoms with E-state index in [0.717, 1.165) is 36.4 Å². The van der Waals surface area contributed by atoms with Crippen LogP contribution in [0.2, 0.25) is 0 Å². The van der Waals surface area contributed by atoms with Crippen molar-refractivity contribution in [2.75, 3.05) is 37.3 Å². The van der Waals surface area contributed by atoms with Crippen LogP contribution in [0.25, 0.3) is 0 Å². The Morgan fingerprint density at radius 2 is 1.04 bits per heavy atom. The van der Waals surface area contributed by atoms with Gasteiger partial charge in [0.25, 0.3) is 11.8 Å². The van der Waals surface area contributed by atoms with Gasteiger partial charge in [0.15, 0.2) is 23.0 Å². The van der Waals surface area contributed by atoms with E-state index in [0.29, 0.717) is 104 Å². The van der Waals surface area contributed by atoms with Gasteiger partial charge >= 0.3 is 0 Å². The van der Waals surface area contributed by atoms with Gasteiger partial charge in [0.05, 0.1) is 9.81 Å². The summed E-state index contributed by atoms with van der Waals surface area (Å²) in [7, 11) is 0. The lowest BCUT2D eigenvalue weighted by atomic mass is 10.1. The highest BCUT2D eigenvalue weighted by Crippen LogP contribution is 2.42. The van der Waals surface area contributed by atoms with E-state index in [9.17, 15) is 19.2 Å². The van der Waals surface area contributed by atoms with Crippen LogP contribution in [0.5, 0.6) is 23.0 Å². The predicted molar refractivity (Wildman–Crippen MR) is 190 cm³/mol. The van der Waals surface area contributed by atoms with Gasteiger partial charge in [-0.15, -0.1) is 0 Å². The summed E-state index contributed by atoms with van der Waals surface area (Å²) >= 11 is 13.2. The van der Waals surface area contributed by atoms with Gasteiger partial charge < -0.3 is 29.6 Å². The lowest BCUT2D eigenvalue weighted by Crippen LogP contribution is -2.31. The third-order valence-electron chi connectivity index (χ3n) is 7.79. The van der Waals surface area contributed by atoms with E-state index in [4.69, 9.17) is 43.4 Å². The first kappa shape index (κ1) is 34.0. The summed E-state index contributed by atoms with van der Waals surface area (Å²) in [6.45, 7) is 1.15. The topological polar surface area (TPSA) is 136 Å². The number of unbranched alkanes of at least 4 members (excludes halogenated alkanes) is 4. The van der Waals surface area contributed by atoms with E-state index in [1.165, 1.54) is 9.80 Å². The molecule has 2 aromatic rings. The molecule has 0 atom stereocenters. The normalized spacial score (nSPS) is 17.9. The quantitative estimate of drug-likeness (QED) is 0.139. The Balaban J connectivity index is 0.891. The maximum absolute atomic E-state index is 13.3. The first-order valence-electron chi connectivity index (χ1n) is 15.5. The lowest BCUT2D eigenvalue weighted by Gasteiger charge is -2.14. The zero-order valence-electron chi connectivity index (χ0n) is 25.7. The fraction of sp³-hybridized carbons (Fsp3) is 0.375. The second-order valence-electron chi connectivity index (χ2n) is 11.2. The van der Waals surface area contributed by atoms with Crippen molar-refractivity contribution in [3.8, 4) is 23.0 Å². The fourth-order valence-corrected chi connectivity index (χ4v) is 8.09. The molecule has 4 heterocycles.